The largest absolute Gasteiger partial charge is 0.497 e. The van der Waals surface area contributed by atoms with Gasteiger partial charge < -0.3 is 19.8 Å². The molecule has 38 heavy (non-hydrogen) atoms. The number of halogens is 4. The molecule has 1 aliphatic rings. The number of carboxylic acid groups (broad SMARTS) is 1. The molecular weight excluding hydrogens is 504 g/mol. The summed E-state index contributed by atoms with van der Waals surface area (Å²) in [6.45, 7) is 1.42. The maximum Gasteiger partial charge on any atom is 0.309 e. The molecule has 0 unspecified atom stereocenters. The van der Waals surface area contributed by atoms with Crippen molar-refractivity contribution in [3.63, 3.8) is 0 Å². The van der Waals surface area contributed by atoms with E-state index in [-0.39, 0.29) is 30.4 Å². The van der Waals surface area contributed by atoms with Gasteiger partial charge in [-0.1, -0.05) is 0 Å². The van der Waals surface area contributed by atoms with Gasteiger partial charge in [0.1, 0.15) is 29.0 Å². The number of carbonyl (C=O) groups is 1. The lowest BCUT2D eigenvalue weighted by molar-refractivity contribution is -0.153. The topological polar surface area (TPSA) is 82.9 Å². The van der Waals surface area contributed by atoms with Gasteiger partial charge in [-0.15, -0.1) is 0 Å². The van der Waals surface area contributed by atoms with Crippen LogP contribution in [0.5, 0.6) is 5.75 Å². The van der Waals surface area contributed by atoms with Crippen molar-refractivity contribution in [2.75, 3.05) is 26.7 Å². The highest BCUT2D eigenvalue weighted by molar-refractivity contribution is 5.84. The number of aliphatic hydroxyl groups excluding tert-OH is 1. The van der Waals surface area contributed by atoms with E-state index in [2.05, 4.69) is 4.98 Å². The molecule has 2 heterocycles. The van der Waals surface area contributed by atoms with Crippen LogP contribution < -0.4 is 4.74 Å². The van der Waals surface area contributed by atoms with E-state index in [1.54, 1.807) is 18.2 Å². The second kappa shape index (κ2) is 11.7. The fraction of sp³-hybridized carbons (Fsp3) is 0.429. The fourth-order valence-electron chi connectivity index (χ4n) is 5.26. The highest BCUT2D eigenvalue weighted by Gasteiger charge is 2.41. The molecule has 1 fully saturated rings. The van der Waals surface area contributed by atoms with E-state index in [0.29, 0.717) is 67.7 Å². The quantitative estimate of drug-likeness (QED) is 0.339. The van der Waals surface area contributed by atoms with Crippen LogP contribution in [0.25, 0.3) is 10.9 Å². The fourth-order valence-corrected chi connectivity index (χ4v) is 5.26. The molecule has 0 radical (unpaired) electrons. The number of aliphatic hydroxyl groups is 1. The van der Waals surface area contributed by atoms with E-state index < -0.39 is 40.8 Å². The van der Waals surface area contributed by atoms with Crippen LogP contribution >= 0.6 is 0 Å². The Morgan fingerprint density at radius 2 is 1.79 bits per heavy atom. The molecule has 1 saturated heterocycles. The van der Waals surface area contributed by atoms with Crippen LogP contribution in [0, 0.1) is 28.7 Å². The number of benzene rings is 2. The van der Waals surface area contributed by atoms with Gasteiger partial charge in [-0.3, -0.25) is 9.78 Å². The zero-order valence-corrected chi connectivity index (χ0v) is 21.0. The van der Waals surface area contributed by atoms with Crippen LogP contribution in [0.15, 0.2) is 36.5 Å². The van der Waals surface area contributed by atoms with Crippen molar-refractivity contribution in [1.82, 2.24) is 9.88 Å². The van der Waals surface area contributed by atoms with Crippen molar-refractivity contribution in [2.45, 2.75) is 44.6 Å². The Labute approximate surface area is 217 Å². The lowest BCUT2D eigenvalue weighted by Gasteiger charge is -2.39. The number of likely N-dealkylation sites (tertiary alicyclic amines) is 1. The Bertz CT molecular complexity index is 1290. The smallest absolute Gasteiger partial charge is 0.309 e. The van der Waals surface area contributed by atoms with Gasteiger partial charge in [0.15, 0.2) is 0 Å². The molecule has 1 atom stereocenters. The monoisotopic (exact) mass is 534 g/mol. The summed E-state index contributed by atoms with van der Waals surface area (Å²) < 4.78 is 60.8. The van der Waals surface area contributed by atoms with Gasteiger partial charge >= 0.3 is 5.97 Å². The zero-order chi connectivity index (χ0) is 27.4. The van der Waals surface area contributed by atoms with Crippen molar-refractivity contribution >= 4 is 16.9 Å². The predicted octanol–water partition coefficient (Wildman–Crippen LogP) is 5.41. The number of methoxy groups -OCH3 is 1. The number of hydrogen-bond acceptors (Lipinski definition) is 5. The SMILES string of the molecule is COc1ccc2ncc(F)c([C@H](O)CCC3(C(=O)O)CCN(CCCc4c(F)cc(F)cc4F)CC3)c2c1. The van der Waals surface area contributed by atoms with Crippen LogP contribution in [0.3, 0.4) is 0 Å². The van der Waals surface area contributed by atoms with E-state index in [4.69, 9.17) is 4.74 Å². The van der Waals surface area contributed by atoms with Crippen LogP contribution in [0.2, 0.25) is 0 Å². The molecule has 0 aliphatic carbocycles. The van der Waals surface area contributed by atoms with Gasteiger partial charge in [-0.25, -0.2) is 17.6 Å². The number of hydrogen-bond donors (Lipinski definition) is 2. The van der Waals surface area contributed by atoms with Gasteiger partial charge in [0.2, 0.25) is 0 Å². The number of piperidine rings is 1. The average Bonchev–Trinajstić information content (AvgIpc) is 2.89. The third-order valence-corrected chi connectivity index (χ3v) is 7.57. The summed E-state index contributed by atoms with van der Waals surface area (Å²) in [5.74, 6) is -3.96. The maximum atomic E-state index is 14.7. The van der Waals surface area contributed by atoms with Crippen LogP contribution in [-0.2, 0) is 11.2 Å². The molecule has 0 amide bonds. The van der Waals surface area contributed by atoms with Crippen LogP contribution in [-0.4, -0.2) is 52.8 Å². The number of aromatic nitrogens is 1. The minimum absolute atomic E-state index is 0.0443. The number of nitrogens with zero attached hydrogens (tertiary/aromatic N) is 2. The first kappa shape index (κ1) is 27.8. The minimum atomic E-state index is -1.23. The Morgan fingerprint density at radius 1 is 1.11 bits per heavy atom. The molecule has 6 nitrogen and oxygen atoms in total. The third kappa shape index (κ3) is 5.91. The summed E-state index contributed by atoms with van der Waals surface area (Å²) in [7, 11) is 1.48. The van der Waals surface area contributed by atoms with Crippen LogP contribution in [0.1, 0.15) is 49.3 Å². The van der Waals surface area contributed by atoms with Crippen molar-refractivity contribution in [3.05, 3.63) is 70.9 Å². The van der Waals surface area contributed by atoms with Crippen molar-refractivity contribution in [1.29, 1.82) is 0 Å². The van der Waals surface area contributed by atoms with E-state index in [1.165, 1.54) is 7.11 Å². The summed E-state index contributed by atoms with van der Waals surface area (Å²) in [5.41, 5.74) is -0.690. The van der Waals surface area contributed by atoms with E-state index >= 15 is 0 Å². The number of aliphatic carboxylic acids is 1. The molecule has 10 heteroatoms. The van der Waals surface area contributed by atoms with E-state index in [1.807, 2.05) is 4.90 Å². The predicted molar refractivity (Wildman–Crippen MR) is 133 cm³/mol. The Kier molecular flexibility index (Phi) is 8.52. The molecule has 3 aromatic rings. The van der Waals surface area contributed by atoms with Gasteiger partial charge in [0.25, 0.3) is 0 Å². The van der Waals surface area contributed by atoms with Gasteiger partial charge in [0, 0.05) is 28.6 Å². The highest BCUT2D eigenvalue weighted by Crippen LogP contribution is 2.40. The first-order valence-corrected chi connectivity index (χ1v) is 12.5. The average molecular weight is 535 g/mol. The third-order valence-electron chi connectivity index (χ3n) is 7.57. The molecule has 2 aromatic carbocycles. The summed E-state index contributed by atoms with van der Waals surface area (Å²) in [4.78, 5) is 18.4. The Hall–Kier alpha value is -3.24. The van der Waals surface area contributed by atoms with Crippen LogP contribution in [0.4, 0.5) is 17.6 Å². The molecule has 0 saturated carbocycles. The summed E-state index contributed by atoms with van der Waals surface area (Å²) in [5, 5.41) is 21.4. The van der Waals surface area contributed by atoms with Gasteiger partial charge in [-0.2, -0.15) is 0 Å². The lowest BCUT2D eigenvalue weighted by Crippen LogP contribution is -2.44. The second-order valence-electron chi connectivity index (χ2n) is 9.84. The number of carboxylic acids is 1. The van der Waals surface area contributed by atoms with E-state index in [0.717, 1.165) is 6.20 Å². The summed E-state index contributed by atoms with van der Waals surface area (Å²) in [6.07, 6.45) is 1.17. The molecule has 0 bridgehead atoms. The minimum Gasteiger partial charge on any atom is -0.497 e. The number of ether oxygens (including phenoxy) is 1. The molecule has 4 rings (SSSR count). The normalized spacial score (nSPS) is 16.5. The number of pyridine rings is 1. The second-order valence-corrected chi connectivity index (χ2v) is 9.84. The molecule has 1 aliphatic heterocycles. The number of rotatable bonds is 10. The molecule has 0 spiro atoms. The van der Waals surface area contributed by atoms with Crippen molar-refractivity contribution in [2.24, 2.45) is 5.41 Å². The van der Waals surface area contributed by atoms with Crippen molar-refractivity contribution in [3.8, 4) is 5.75 Å². The zero-order valence-electron chi connectivity index (χ0n) is 21.0. The lowest BCUT2D eigenvalue weighted by atomic mass is 9.74. The maximum absolute atomic E-state index is 14.7. The van der Waals surface area contributed by atoms with E-state index in [9.17, 15) is 32.6 Å². The standard InChI is InChI=1S/C28H30F4N2O4/c1-38-18-4-5-24-20(15-18)26(23(32)16-33-24)25(35)6-7-28(27(36)37)8-11-34(12-9-28)10-2-3-19-21(30)13-17(29)14-22(19)31/h4-5,13-16,25,35H,2-3,6-12H2,1H3,(H,36,37)/t25-/m1/s1. The van der Waals surface area contributed by atoms with Gasteiger partial charge in [0.05, 0.1) is 30.3 Å². The Balaban J connectivity index is 1.37. The number of fused-ring (bicyclic) bond motifs is 1. The molecule has 2 N–H and O–H groups in total. The molecule has 204 valence electrons. The first-order valence-electron chi connectivity index (χ1n) is 12.5. The summed E-state index contributed by atoms with van der Waals surface area (Å²) in [6, 6.07) is 6.26. The first-order chi connectivity index (χ1) is 18.1. The molecular formula is C28H30F4N2O4. The Morgan fingerprint density at radius 3 is 2.42 bits per heavy atom. The summed E-state index contributed by atoms with van der Waals surface area (Å²) >= 11 is 0. The molecule has 1 aromatic heterocycles. The van der Waals surface area contributed by atoms with Crippen molar-refractivity contribution < 1.29 is 37.3 Å². The highest BCUT2D eigenvalue weighted by atomic mass is 19.1. The van der Waals surface area contributed by atoms with Gasteiger partial charge in [-0.05, 0) is 76.4 Å².